The van der Waals surface area contributed by atoms with Gasteiger partial charge in [0.05, 0.1) is 6.61 Å². The van der Waals surface area contributed by atoms with E-state index in [0.717, 1.165) is 44.8 Å². The van der Waals surface area contributed by atoms with Crippen LogP contribution < -0.4 is 10.1 Å². The number of amides is 1. The lowest BCUT2D eigenvalue weighted by Gasteiger charge is -2.29. The van der Waals surface area contributed by atoms with Crippen molar-refractivity contribution in [2.24, 2.45) is 5.92 Å². The molecule has 0 aromatic heterocycles. The molecule has 0 radical (unpaired) electrons. The second-order valence-electron chi connectivity index (χ2n) is 5.59. The highest BCUT2D eigenvalue weighted by Crippen LogP contribution is 2.16. The number of benzene rings is 1. The van der Waals surface area contributed by atoms with Crippen molar-refractivity contribution in [3.05, 3.63) is 29.8 Å². The maximum absolute atomic E-state index is 12.3. The third-order valence-electron chi connectivity index (χ3n) is 3.95. The van der Waals surface area contributed by atoms with E-state index in [1.54, 1.807) is 0 Å². The van der Waals surface area contributed by atoms with E-state index >= 15 is 0 Å². The van der Waals surface area contributed by atoms with Crippen molar-refractivity contribution in [2.45, 2.75) is 26.7 Å². The van der Waals surface area contributed by atoms with Gasteiger partial charge in [0.15, 0.2) is 0 Å². The van der Waals surface area contributed by atoms with Crippen molar-refractivity contribution in [2.75, 3.05) is 32.8 Å². The fourth-order valence-corrected chi connectivity index (χ4v) is 2.62. The Labute approximate surface area is 127 Å². The van der Waals surface area contributed by atoms with Crippen molar-refractivity contribution in [3.63, 3.8) is 0 Å². The van der Waals surface area contributed by atoms with Crippen LogP contribution in [-0.2, 0) is 11.2 Å². The standard InChI is InChI=1S/C17H26N2O2/c1-3-21-16-8-6-15(7-9-16)5-4-14(2)17(20)19-12-10-18-11-13-19/h6-9,14,18H,3-5,10-13H2,1-2H3. The molecular weight excluding hydrogens is 264 g/mol. The highest BCUT2D eigenvalue weighted by Gasteiger charge is 2.21. The Morgan fingerprint density at radius 2 is 1.95 bits per heavy atom. The van der Waals surface area contributed by atoms with Gasteiger partial charge in [0, 0.05) is 32.1 Å². The summed E-state index contributed by atoms with van der Waals surface area (Å²) in [6, 6.07) is 8.18. The smallest absolute Gasteiger partial charge is 0.225 e. The van der Waals surface area contributed by atoms with Crippen LogP contribution in [0.3, 0.4) is 0 Å². The van der Waals surface area contributed by atoms with E-state index in [1.165, 1.54) is 5.56 Å². The van der Waals surface area contributed by atoms with Gasteiger partial charge in [-0.2, -0.15) is 0 Å². The van der Waals surface area contributed by atoms with Gasteiger partial charge in [0.1, 0.15) is 5.75 Å². The molecule has 21 heavy (non-hydrogen) atoms. The Morgan fingerprint density at radius 1 is 1.29 bits per heavy atom. The molecule has 1 atom stereocenters. The SMILES string of the molecule is CCOc1ccc(CCC(C)C(=O)N2CCNCC2)cc1. The number of hydrogen-bond donors (Lipinski definition) is 1. The monoisotopic (exact) mass is 290 g/mol. The number of carbonyl (C=O) groups is 1. The normalized spacial score (nSPS) is 16.6. The van der Waals surface area contributed by atoms with Gasteiger partial charge in [-0.3, -0.25) is 4.79 Å². The molecule has 1 aliphatic rings. The van der Waals surface area contributed by atoms with Crippen LogP contribution in [0.2, 0.25) is 0 Å². The molecule has 1 heterocycles. The minimum atomic E-state index is 0.0923. The molecule has 1 amide bonds. The molecule has 1 saturated heterocycles. The van der Waals surface area contributed by atoms with Gasteiger partial charge in [-0.15, -0.1) is 0 Å². The van der Waals surface area contributed by atoms with Crippen molar-refractivity contribution >= 4 is 5.91 Å². The van der Waals surface area contributed by atoms with E-state index in [2.05, 4.69) is 17.4 Å². The summed E-state index contributed by atoms with van der Waals surface area (Å²) in [5.74, 6) is 1.29. The van der Waals surface area contributed by atoms with Crippen LogP contribution in [-0.4, -0.2) is 43.6 Å². The molecule has 1 aromatic rings. The van der Waals surface area contributed by atoms with Crippen molar-refractivity contribution in [3.8, 4) is 5.75 Å². The van der Waals surface area contributed by atoms with Gasteiger partial charge >= 0.3 is 0 Å². The van der Waals surface area contributed by atoms with E-state index in [1.807, 2.05) is 30.9 Å². The summed E-state index contributed by atoms with van der Waals surface area (Å²) in [7, 11) is 0. The summed E-state index contributed by atoms with van der Waals surface area (Å²) in [5.41, 5.74) is 1.26. The van der Waals surface area contributed by atoms with Crippen LogP contribution in [0.5, 0.6) is 5.75 Å². The van der Waals surface area contributed by atoms with Gasteiger partial charge in [0.25, 0.3) is 0 Å². The second-order valence-corrected chi connectivity index (χ2v) is 5.59. The van der Waals surface area contributed by atoms with Gasteiger partial charge in [-0.1, -0.05) is 19.1 Å². The summed E-state index contributed by atoms with van der Waals surface area (Å²) >= 11 is 0. The van der Waals surface area contributed by atoms with Crippen LogP contribution in [0, 0.1) is 5.92 Å². The molecule has 1 fully saturated rings. The Morgan fingerprint density at radius 3 is 2.57 bits per heavy atom. The van der Waals surface area contributed by atoms with Crippen molar-refractivity contribution < 1.29 is 9.53 Å². The number of ether oxygens (including phenoxy) is 1. The van der Waals surface area contributed by atoms with Crippen LogP contribution in [0.4, 0.5) is 0 Å². The minimum Gasteiger partial charge on any atom is -0.494 e. The molecule has 1 aromatic carbocycles. The third-order valence-corrected chi connectivity index (χ3v) is 3.95. The zero-order valence-electron chi connectivity index (χ0n) is 13.1. The average Bonchev–Trinajstić information content (AvgIpc) is 2.54. The average molecular weight is 290 g/mol. The van der Waals surface area contributed by atoms with Crippen LogP contribution in [0.15, 0.2) is 24.3 Å². The quantitative estimate of drug-likeness (QED) is 0.872. The molecular formula is C17H26N2O2. The predicted molar refractivity (Wildman–Crippen MR) is 84.5 cm³/mol. The first-order valence-electron chi connectivity index (χ1n) is 7.92. The molecule has 1 aliphatic heterocycles. The number of piperazine rings is 1. The van der Waals surface area contributed by atoms with Crippen molar-refractivity contribution in [1.82, 2.24) is 10.2 Å². The van der Waals surface area contributed by atoms with Gasteiger partial charge in [0.2, 0.25) is 5.91 Å². The molecule has 0 spiro atoms. The maximum atomic E-state index is 12.3. The number of carbonyl (C=O) groups excluding carboxylic acids is 1. The number of nitrogens with zero attached hydrogens (tertiary/aromatic N) is 1. The zero-order chi connectivity index (χ0) is 15.1. The highest BCUT2D eigenvalue weighted by molar-refractivity contribution is 5.78. The fourth-order valence-electron chi connectivity index (χ4n) is 2.62. The summed E-state index contributed by atoms with van der Waals surface area (Å²) in [6.45, 7) is 8.22. The molecule has 0 aliphatic carbocycles. The van der Waals surface area contributed by atoms with Gasteiger partial charge in [-0.25, -0.2) is 0 Å². The molecule has 1 unspecified atom stereocenters. The molecule has 4 nitrogen and oxygen atoms in total. The van der Waals surface area contributed by atoms with Crippen LogP contribution in [0.1, 0.15) is 25.8 Å². The number of hydrogen-bond acceptors (Lipinski definition) is 3. The molecule has 4 heteroatoms. The number of rotatable bonds is 6. The summed E-state index contributed by atoms with van der Waals surface area (Å²) in [6.07, 6.45) is 1.84. The van der Waals surface area contributed by atoms with Gasteiger partial charge in [-0.05, 0) is 37.5 Å². The largest absolute Gasteiger partial charge is 0.494 e. The third kappa shape index (κ3) is 4.74. The Hall–Kier alpha value is -1.55. The second kappa shape index (κ2) is 8.03. The van der Waals surface area contributed by atoms with E-state index in [0.29, 0.717) is 12.5 Å². The predicted octanol–water partition coefficient (Wildman–Crippen LogP) is 2.09. The summed E-state index contributed by atoms with van der Waals surface area (Å²) in [5, 5.41) is 3.28. The van der Waals surface area contributed by atoms with E-state index in [4.69, 9.17) is 4.74 Å². The fraction of sp³-hybridized carbons (Fsp3) is 0.588. The first kappa shape index (κ1) is 15.8. The van der Waals surface area contributed by atoms with E-state index < -0.39 is 0 Å². The van der Waals surface area contributed by atoms with Crippen LogP contribution >= 0.6 is 0 Å². The van der Waals surface area contributed by atoms with Crippen LogP contribution in [0.25, 0.3) is 0 Å². The lowest BCUT2D eigenvalue weighted by atomic mass is 9.99. The first-order valence-corrected chi connectivity index (χ1v) is 7.92. The van der Waals surface area contributed by atoms with Gasteiger partial charge < -0.3 is 15.0 Å². The molecule has 116 valence electrons. The summed E-state index contributed by atoms with van der Waals surface area (Å²) < 4.78 is 5.44. The molecule has 0 bridgehead atoms. The highest BCUT2D eigenvalue weighted by atomic mass is 16.5. The lowest BCUT2D eigenvalue weighted by molar-refractivity contribution is -0.135. The Kier molecular flexibility index (Phi) is 6.05. The molecule has 2 rings (SSSR count). The first-order chi connectivity index (χ1) is 10.2. The maximum Gasteiger partial charge on any atom is 0.225 e. The van der Waals surface area contributed by atoms with Crippen molar-refractivity contribution in [1.29, 1.82) is 0 Å². The number of nitrogens with one attached hydrogen (secondary N) is 1. The lowest BCUT2D eigenvalue weighted by Crippen LogP contribution is -2.48. The summed E-state index contributed by atoms with van der Waals surface area (Å²) in [4.78, 5) is 14.3. The Balaban J connectivity index is 1.79. The molecule has 0 saturated carbocycles. The minimum absolute atomic E-state index is 0.0923. The van der Waals surface area contributed by atoms with E-state index in [-0.39, 0.29) is 5.92 Å². The topological polar surface area (TPSA) is 41.6 Å². The number of aryl methyl sites for hydroxylation is 1. The Bertz CT molecular complexity index is 439. The molecule has 1 N–H and O–H groups in total. The van der Waals surface area contributed by atoms with E-state index in [9.17, 15) is 4.79 Å². The zero-order valence-corrected chi connectivity index (χ0v) is 13.1.